The standard InChI is InChI=1S/C19H25N5O2S/c1-18(2)11-19(3,23-16(20)27-18)13-6-12(8-21-9-13)7-15(25)14-10-26-17(22-14)24(4)5/h6,8-10H,7,11H2,1-5H3,(H2,20,23)/t19-/m0/s1. The lowest BCUT2D eigenvalue weighted by Gasteiger charge is -2.39. The largest absolute Gasteiger partial charge is 0.431 e. The van der Waals surface area contributed by atoms with Gasteiger partial charge in [-0.3, -0.25) is 14.8 Å². The number of nitrogens with two attached hydrogens (primary N) is 1. The van der Waals surface area contributed by atoms with E-state index in [0.29, 0.717) is 16.9 Å². The first-order chi connectivity index (χ1) is 12.6. The van der Waals surface area contributed by atoms with E-state index >= 15 is 0 Å². The first-order valence-electron chi connectivity index (χ1n) is 8.73. The first kappa shape index (κ1) is 19.4. The van der Waals surface area contributed by atoms with Gasteiger partial charge in [-0.1, -0.05) is 25.6 Å². The molecule has 3 rings (SSSR count). The molecule has 0 aliphatic carbocycles. The second-order valence-electron chi connectivity index (χ2n) is 7.85. The van der Waals surface area contributed by atoms with Gasteiger partial charge in [0.2, 0.25) is 0 Å². The average molecular weight is 388 g/mol. The van der Waals surface area contributed by atoms with Crippen molar-refractivity contribution in [2.24, 2.45) is 10.7 Å². The molecule has 0 aromatic carbocycles. The number of amidine groups is 1. The Balaban J connectivity index is 1.83. The van der Waals surface area contributed by atoms with Crippen molar-refractivity contribution in [3.8, 4) is 0 Å². The molecule has 0 radical (unpaired) electrons. The monoisotopic (exact) mass is 387 g/mol. The maximum absolute atomic E-state index is 12.6. The molecule has 0 spiro atoms. The van der Waals surface area contributed by atoms with Crippen LogP contribution < -0.4 is 10.6 Å². The van der Waals surface area contributed by atoms with Gasteiger partial charge in [-0.2, -0.15) is 4.98 Å². The summed E-state index contributed by atoms with van der Waals surface area (Å²) in [5, 5.41) is 0.578. The number of pyridine rings is 1. The zero-order chi connectivity index (χ0) is 19.8. The van der Waals surface area contributed by atoms with Gasteiger partial charge in [-0.15, -0.1) is 0 Å². The summed E-state index contributed by atoms with van der Waals surface area (Å²) in [6.07, 6.45) is 5.93. The molecule has 0 saturated carbocycles. The Morgan fingerprint density at radius 2 is 2.07 bits per heavy atom. The quantitative estimate of drug-likeness (QED) is 0.788. The number of carbonyl (C=O) groups is 1. The van der Waals surface area contributed by atoms with Crippen LogP contribution >= 0.6 is 11.8 Å². The minimum absolute atomic E-state index is 0.0182. The fourth-order valence-corrected chi connectivity index (χ4v) is 4.54. The van der Waals surface area contributed by atoms with Gasteiger partial charge in [0.15, 0.2) is 11.0 Å². The number of rotatable bonds is 5. The molecule has 2 aromatic heterocycles. The average Bonchev–Trinajstić information content (AvgIpc) is 3.03. The van der Waals surface area contributed by atoms with E-state index in [1.54, 1.807) is 29.1 Å². The van der Waals surface area contributed by atoms with Crippen molar-refractivity contribution in [1.29, 1.82) is 0 Å². The van der Waals surface area contributed by atoms with E-state index in [2.05, 4.69) is 35.7 Å². The minimum atomic E-state index is -0.461. The minimum Gasteiger partial charge on any atom is -0.431 e. The van der Waals surface area contributed by atoms with Crippen LogP contribution in [0.1, 0.15) is 48.8 Å². The van der Waals surface area contributed by atoms with Gasteiger partial charge in [-0.25, -0.2) is 0 Å². The Kier molecular flexibility index (Phi) is 5.03. The third-order valence-electron chi connectivity index (χ3n) is 4.45. The van der Waals surface area contributed by atoms with Crippen molar-refractivity contribution in [2.45, 2.75) is 43.9 Å². The number of anilines is 1. The van der Waals surface area contributed by atoms with Crippen molar-refractivity contribution >= 4 is 28.7 Å². The van der Waals surface area contributed by atoms with Crippen molar-refractivity contribution in [2.75, 3.05) is 19.0 Å². The van der Waals surface area contributed by atoms with E-state index < -0.39 is 5.54 Å². The second kappa shape index (κ2) is 6.99. The summed E-state index contributed by atoms with van der Waals surface area (Å²) < 4.78 is 5.28. The molecule has 2 N–H and O–H groups in total. The van der Waals surface area contributed by atoms with Crippen LogP contribution in [0, 0.1) is 0 Å². The fraction of sp³-hybridized carbons (Fsp3) is 0.474. The normalized spacial score (nSPS) is 21.6. The zero-order valence-electron chi connectivity index (χ0n) is 16.3. The Bertz CT molecular complexity index is 890. The molecule has 1 aliphatic rings. The second-order valence-corrected chi connectivity index (χ2v) is 9.58. The van der Waals surface area contributed by atoms with Crippen LogP contribution in [-0.2, 0) is 12.0 Å². The third-order valence-corrected chi connectivity index (χ3v) is 5.45. The van der Waals surface area contributed by atoms with E-state index in [0.717, 1.165) is 17.5 Å². The lowest BCUT2D eigenvalue weighted by Crippen LogP contribution is -2.38. The van der Waals surface area contributed by atoms with Gasteiger partial charge in [0.1, 0.15) is 12.0 Å². The van der Waals surface area contributed by atoms with Gasteiger partial charge in [-0.05, 0) is 30.5 Å². The molecule has 8 heteroatoms. The summed E-state index contributed by atoms with van der Waals surface area (Å²) in [6.45, 7) is 6.38. The summed E-state index contributed by atoms with van der Waals surface area (Å²) in [5.41, 5.74) is 7.69. The molecule has 0 saturated heterocycles. The highest BCUT2D eigenvalue weighted by Crippen LogP contribution is 2.44. The number of Topliss-reactive ketones (excluding diaryl/α,β-unsaturated/α-hetero) is 1. The summed E-state index contributed by atoms with van der Waals surface area (Å²) in [4.78, 5) is 27.5. The SMILES string of the molecule is CN(C)c1nc(C(=O)Cc2cncc([C@]3(C)CC(C)(C)SC(N)=N3)c2)co1. The van der Waals surface area contributed by atoms with Crippen LogP contribution in [0.15, 0.2) is 34.1 Å². The number of aromatic nitrogens is 2. The van der Waals surface area contributed by atoms with Crippen LogP contribution in [0.3, 0.4) is 0 Å². The number of carbonyl (C=O) groups excluding carboxylic acids is 1. The van der Waals surface area contributed by atoms with Crippen LogP contribution in [0.25, 0.3) is 0 Å². The zero-order valence-corrected chi connectivity index (χ0v) is 17.1. The molecular formula is C19H25N5O2S. The molecule has 3 heterocycles. The summed E-state index contributed by atoms with van der Waals surface area (Å²) in [7, 11) is 3.62. The molecule has 7 nitrogen and oxygen atoms in total. The van der Waals surface area contributed by atoms with Crippen molar-refractivity contribution in [3.63, 3.8) is 0 Å². The number of thioether (sulfide) groups is 1. The van der Waals surface area contributed by atoms with Crippen molar-refractivity contribution in [1.82, 2.24) is 9.97 Å². The molecular weight excluding hydrogens is 362 g/mol. The predicted molar refractivity (Wildman–Crippen MR) is 108 cm³/mol. The Morgan fingerprint density at radius 3 is 2.70 bits per heavy atom. The lowest BCUT2D eigenvalue weighted by atomic mass is 9.84. The fourth-order valence-electron chi connectivity index (χ4n) is 3.37. The summed E-state index contributed by atoms with van der Waals surface area (Å²) in [6, 6.07) is 2.39. The van der Waals surface area contributed by atoms with Crippen molar-refractivity contribution < 1.29 is 9.21 Å². The maximum atomic E-state index is 12.6. The number of oxazole rings is 1. The number of ketones is 1. The third kappa shape index (κ3) is 4.32. The van der Waals surface area contributed by atoms with E-state index in [4.69, 9.17) is 10.2 Å². The highest BCUT2D eigenvalue weighted by Gasteiger charge is 2.39. The van der Waals surface area contributed by atoms with Crippen LogP contribution in [0.2, 0.25) is 0 Å². The molecule has 0 bridgehead atoms. The maximum Gasteiger partial charge on any atom is 0.297 e. The molecule has 0 amide bonds. The van der Waals surface area contributed by atoms with Crippen molar-refractivity contribution in [3.05, 3.63) is 41.5 Å². The molecule has 2 aromatic rings. The highest BCUT2D eigenvalue weighted by atomic mass is 32.2. The molecule has 0 unspecified atom stereocenters. The molecule has 144 valence electrons. The van der Waals surface area contributed by atoms with E-state index in [1.807, 2.05) is 20.2 Å². The van der Waals surface area contributed by atoms with Crippen LogP contribution in [0.4, 0.5) is 6.01 Å². The van der Waals surface area contributed by atoms with Crippen LogP contribution in [0.5, 0.6) is 0 Å². The predicted octanol–water partition coefficient (Wildman–Crippen LogP) is 3.01. The topological polar surface area (TPSA) is 97.6 Å². The molecule has 1 atom stereocenters. The smallest absolute Gasteiger partial charge is 0.297 e. The van der Waals surface area contributed by atoms with Gasteiger partial charge in [0.25, 0.3) is 6.01 Å². The van der Waals surface area contributed by atoms with Gasteiger partial charge in [0, 0.05) is 37.7 Å². The Hall–Kier alpha value is -2.35. The van der Waals surface area contributed by atoms with Gasteiger partial charge >= 0.3 is 0 Å². The lowest BCUT2D eigenvalue weighted by molar-refractivity contribution is 0.0988. The molecule has 0 fully saturated rings. The highest BCUT2D eigenvalue weighted by molar-refractivity contribution is 8.15. The molecule has 1 aliphatic heterocycles. The number of aliphatic imine (C=N–C) groups is 1. The number of hydrogen-bond donors (Lipinski definition) is 1. The Morgan fingerprint density at radius 1 is 1.33 bits per heavy atom. The summed E-state index contributed by atoms with van der Waals surface area (Å²) in [5.74, 6) is -0.113. The Labute approximate surface area is 163 Å². The van der Waals surface area contributed by atoms with E-state index in [9.17, 15) is 4.79 Å². The number of nitrogens with zero attached hydrogens (tertiary/aromatic N) is 4. The summed E-state index contributed by atoms with van der Waals surface area (Å²) >= 11 is 1.59. The van der Waals surface area contributed by atoms with Gasteiger partial charge in [0.05, 0.1) is 5.54 Å². The van der Waals surface area contributed by atoms with E-state index in [1.165, 1.54) is 6.26 Å². The first-order valence-corrected chi connectivity index (χ1v) is 9.54. The molecule has 27 heavy (non-hydrogen) atoms. The number of hydrogen-bond acceptors (Lipinski definition) is 8. The van der Waals surface area contributed by atoms with E-state index in [-0.39, 0.29) is 17.0 Å². The van der Waals surface area contributed by atoms with Crippen LogP contribution in [-0.4, -0.2) is 39.8 Å². The van der Waals surface area contributed by atoms with Gasteiger partial charge < -0.3 is 15.1 Å².